The van der Waals surface area contributed by atoms with Crippen molar-refractivity contribution in [3.05, 3.63) is 22.4 Å². The zero-order chi connectivity index (χ0) is 14.1. The number of ether oxygens (including phenoxy) is 1. The molecule has 0 saturated heterocycles. The second-order valence-electron chi connectivity index (χ2n) is 4.28. The van der Waals surface area contributed by atoms with E-state index in [1.54, 1.807) is 18.4 Å². The summed E-state index contributed by atoms with van der Waals surface area (Å²) in [6.45, 7) is 2.67. The Morgan fingerprint density at radius 1 is 1.35 bits per heavy atom. The maximum atomic E-state index is 5.96. The third-order valence-electron chi connectivity index (χ3n) is 2.98. The highest BCUT2D eigenvalue weighted by molar-refractivity contribution is 7.09. The molecule has 0 aliphatic carbocycles. The summed E-state index contributed by atoms with van der Waals surface area (Å²) in [4.78, 5) is 17.0. The SMILES string of the molecule is COc1ncnc2c1nc(N)n2CCc1csc(C)n1. The Labute approximate surface area is 119 Å². The van der Waals surface area contributed by atoms with Gasteiger partial charge in [0.1, 0.15) is 6.33 Å². The Bertz CT molecular complexity index is 750. The highest BCUT2D eigenvalue weighted by Gasteiger charge is 2.14. The minimum Gasteiger partial charge on any atom is -0.479 e. The van der Waals surface area contributed by atoms with Crippen molar-refractivity contribution in [1.82, 2.24) is 24.5 Å². The van der Waals surface area contributed by atoms with Crippen LogP contribution in [-0.2, 0) is 13.0 Å². The molecule has 0 aromatic carbocycles. The zero-order valence-electron chi connectivity index (χ0n) is 11.2. The van der Waals surface area contributed by atoms with Gasteiger partial charge in [-0.05, 0) is 6.92 Å². The number of hydrogen-bond acceptors (Lipinski definition) is 7. The fourth-order valence-electron chi connectivity index (χ4n) is 2.05. The summed E-state index contributed by atoms with van der Waals surface area (Å²) in [7, 11) is 1.55. The number of aromatic nitrogens is 5. The molecule has 0 aliphatic rings. The number of methoxy groups -OCH3 is 1. The fourth-order valence-corrected chi connectivity index (χ4v) is 2.70. The summed E-state index contributed by atoms with van der Waals surface area (Å²) < 4.78 is 7.02. The van der Waals surface area contributed by atoms with E-state index in [2.05, 4.69) is 25.3 Å². The van der Waals surface area contributed by atoms with E-state index in [1.807, 2.05) is 11.5 Å². The van der Waals surface area contributed by atoms with Crippen LogP contribution in [0.1, 0.15) is 10.7 Å². The van der Waals surface area contributed by atoms with Crippen molar-refractivity contribution < 1.29 is 4.74 Å². The van der Waals surface area contributed by atoms with Crippen LogP contribution in [0.25, 0.3) is 11.2 Å². The quantitative estimate of drug-likeness (QED) is 0.781. The second-order valence-corrected chi connectivity index (χ2v) is 5.35. The maximum absolute atomic E-state index is 5.96. The van der Waals surface area contributed by atoms with Crippen LogP contribution in [-0.4, -0.2) is 31.6 Å². The number of nitrogens with two attached hydrogens (primary N) is 1. The molecule has 0 saturated carbocycles. The summed E-state index contributed by atoms with van der Waals surface area (Å²) >= 11 is 1.64. The van der Waals surface area contributed by atoms with Crippen LogP contribution in [0, 0.1) is 6.92 Å². The summed E-state index contributed by atoms with van der Waals surface area (Å²) in [5.41, 5.74) is 8.27. The molecule has 0 atom stereocenters. The molecule has 0 spiro atoms. The molecule has 3 rings (SSSR count). The molecule has 0 aliphatic heterocycles. The molecule has 0 fully saturated rings. The number of imidazole rings is 1. The molecule has 3 aromatic rings. The van der Waals surface area contributed by atoms with E-state index >= 15 is 0 Å². The van der Waals surface area contributed by atoms with E-state index in [1.165, 1.54) is 6.33 Å². The Kier molecular flexibility index (Phi) is 3.23. The van der Waals surface area contributed by atoms with Gasteiger partial charge in [0.25, 0.3) is 0 Å². The molecule has 0 bridgehead atoms. The first-order valence-corrected chi connectivity index (χ1v) is 6.98. The van der Waals surface area contributed by atoms with Gasteiger partial charge in [0.15, 0.2) is 11.2 Å². The lowest BCUT2D eigenvalue weighted by molar-refractivity contribution is 0.401. The third-order valence-corrected chi connectivity index (χ3v) is 3.80. The standard InChI is InChI=1S/C12H14N6OS/c1-7-16-8(5-20-7)3-4-18-10-9(17-12(18)13)11(19-2)15-6-14-10/h5-6H,3-4H2,1-2H3,(H2,13,17). The van der Waals surface area contributed by atoms with Crippen molar-refractivity contribution in [2.45, 2.75) is 19.9 Å². The van der Waals surface area contributed by atoms with Gasteiger partial charge in [0.2, 0.25) is 11.8 Å². The average molecular weight is 290 g/mol. The predicted octanol–water partition coefficient (Wildman–Crippen LogP) is 1.42. The van der Waals surface area contributed by atoms with Gasteiger partial charge < -0.3 is 10.5 Å². The van der Waals surface area contributed by atoms with Gasteiger partial charge in [0.05, 0.1) is 17.8 Å². The van der Waals surface area contributed by atoms with Crippen molar-refractivity contribution >= 4 is 28.4 Å². The summed E-state index contributed by atoms with van der Waals surface area (Å²) in [6.07, 6.45) is 2.23. The van der Waals surface area contributed by atoms with Gasteiger partial charge >= 0.3 is 0 Å². The van der Waals surface area contributed by atoms with Gasteiger partial charge in [-0.3, -0.25) is 4.57 Å². The van der Waals surface area contributed by atoms with Crippen molar-refractivity contribution in [3.8, 4) is 5.88 Å². The van der Waals surface area contributed by atoms with Gasteiger partial charge in [-0.1, -0.05) is 0 Å². The lowest BCUT2D eigenvalue weighted by Crippen LogP contribution is -2.06. The lowest BCUT2D eigenvalue weighted by atomic mass is 10.3. The van der Waals surface area contributed by atoms with E-state index in [4.69, 9.17) is 10.5 Å². The predicted molar refractivity (Wildman–Crippen MR) is 76.8 cm³/mol. The molecular formula is C12H14N6OS. The molecule has 104 valence electrons. The first-order chi connectivity index (χ1) is 9.69. The highest BCUT2D eigenvalue weighted by Crippen LogP contribution is 2.23. The first-order valence-electron chi connectivity index (χ1n) is 6.10. The molecular weight excluding hydrogens is 276 g/mol. The zero-order valence-corrected chi connectivity index (χ0v) is 12.0. The normalized spacial score (nSPS) is 11.1. The van der Waals surface area contributed by atoms with Gasteiger partial charge in [-0.2, -0.15) is 4.98 Å². The highest BCUT2D eigenvalue weighted by atomic mass is 32.1. The summed E-state index contributed by atoms with van der Waals surface area (Å²) in [5.74, 6) is 0.843. The maximum Gasteiger partial charge on any atom is 0.245 e. The minimum absolute atomic E-state index is 0.408. The van der Waals surface area contributed by atoms with Crippen molar-refractivity contribution in [3.63, 3.8) is 0 Å². The molecule has 0 unspecified atom stereocenters. The number of hydrogen-bond donors (Lipinski definition) is 1. The average Bonchev–Trinajstić information content (AvgIpc) is 2.99. The van der Waals surface area contributed by atoms with Crippen LogP contribution in [0.15, 0.2) is 11.7 Å². The largest absolute Gasteiger partial charge is 0.479 e. The summed E-state index contributed by atoms with van der Waals surface area (Å²) in [6, 6.07) is 0. The molecule has 2 N–H and O–H groups in total. The van der Waals surface area contributed by atoms with Gasteiger partial charge in [-0.25, -0.2) is 15.0 Å². The Balaban J connectivity index is 1.93. The fraction of sp³-hybridized carbons (Fsp3) is 0.333. The van der Waals surface area contributed by atoms with Gasteiger partial charge in [-0.15, -0.1) is 11.3 Å². The molecule has 7 nitrogen and oxygen atoms in total. The van der Waals surface area contributed by atoms with Crippen molar-refractivity contribution in [2.75, 3.05) is 12.8 Å². The molecule has 20 heavy (non-hydrogen) atoms. The number of aryl methyl sites for hydroxylation is 3. The topological polar surface area (TPSA) is 91.7 Å². The third kappa shape index (κ3) is 2.18. The minimum atomic E-state index is 0.408. The molecule has 0 amide bonds. The van der Waals surface area contributed by atoms with Crippen LogP contribution in [0.4, 0.5) is 5.95 Å². The molecule has 3 heterocycles. The first kappa shape index (κ1) is 12.8. The Morgan fingerprint density at radius 2 is 2.20 bits per heavy atom. The van der Waals surface area contributed by atoms with Crippen LogP contribution in [0.3, 0.4) is 0 Å². The summed E-state index contributed by atoms with van der Waals surface area (Å²) in [5, 5.41) is 3.12. The Hall–Kier alpha value is -2.22. The van der Waals surface area contributed by atoms with E-state index in [9.17, 15) is 0 Å². The number of rotatable bonds is 4. The van der Waals surface area contributed by atoms with Crippen LogP contribution in [0.5, 0.6) is 5.88 Å². The second kappa shape index (κ2) is 5.04. The number of anilines is 1. The van der Waals surface area contributed by atoms with Crippen LogP contribution >= 0.6 is 11.3 Å². The smallest absolute Gasteiger partial charge is 0.245 e. The van der Waals surface area contributed by atoms with E-state index in [-0.39, 0.29) is 0 Å². The van der Waals surface area contributed by atoms with Crippen LogP contribution in [0.2, 0.25) is 0 Å². The van der Waals surface area contributed by atoms with Crippen molar-refractivity contribution in [1.29, 1.82) is 0 Å². The Morgan fingerprint density at radius 3 is 2.90 bits per heavy atom. The van der Waals surface area contributed by atoms with Crippen molar-refractivity contribution in [2.24, 2.45) is 0 Å². The molecule has 3 aromatic heterocycles. The van der Waals surface area contributed by atoms with Gasteiger partial charge in [0, 0.05) is 18.3 Å². The molecule has 0 radical (unpaired) electrons. The number of fused-ring (bicyclic) bond motifs is 1. The monoisotopic (exact) mass is 290 g/mol. The van der Waals surface area contributed by atoms with Crippen LogP contribution < -0.4 is 10.5 Å². The van der Waals surface area contributed by atoms with E-state index in [0.29, 0.717) is 29.5 Å². The number of nitrogens with zero attached hydrogens (tertiary/aromatic N) is 5. The molecule has 8 heteroatoms. The number of nitrogen functional groups attached to an aromatic ring is 1. The number of thiazole rings is 1. The van der Waals surface area contributed by atoms with E-state index in [0.717, 1.165) is 17.1 Å². The lowest BCUT2D eigenvalue weighted by Gasteiger charge is -2.04. The van der Waals surface area contributed by atoms with E-state index < -0.39 is 0 Å².